The van der Waals surface area contributed by atoms with Gasteiger partial charge in [0.25, 0.3) is 0 Å². The summed E-state index contributed by atoms with van der Waals surface area (Å²) in [6, 6.07) is 0. The second-order valence-corrected chi connectivity index (χ2v) is 3.82. The third-order valence-corrected chi connectivity index (χ3v) is 2.91. The molecule has 1 N–H and O–H groups in total. The fourth-order valence-corrected chi connectivity index (χ4v) is 1.92. The van der Waals surface area contributed by atoms with E-state index >= 15 is 0 Å². The van der Waals surface area contributed by atoms with Gasteiger partial charge in [-0.05, 0) is 18.8 Å². The largest absolute Gasteiger partial charge is 0.393 e. The molecule has 3 heteroatoms. The monoisotopic (exact) mass is 187 g/mol. The van der Waals surface area contributed by atoms with Crippen LogP contribution in [0, 0.1) is 5.92 Å². The van der Waals surface area contributed by atoms with Crippen molar-refractivity contribution in [3.8, 4) is 0 Å². The zero-order valence-electron chi connectivity index (χ0n) is 8.70. The lowest BCUT2D eigenvalue weighted by Gasteiger charge is -2.35. The highest BCUT2D eigenvalue weighted by Crippen LogP contribution is 2.19. The van der Waals surface area contributed by atoms with E-state index in [9.17, 15) is 5.11 Å². The van der Waals surface area contributed by atoms with Crippen molar-refractivity contribution in [3.05, 3.63) is 0 Å². The molecule has 1 aliphatic rings. The number of methoxy groups -OCH3 is 1. The predicted molar refractivity (Wildman–Crippen MR) is 52.7 cm³/mol. The molecule has 0 bridgehead atoms. The highest BCUT2D eigenvalue weighted by Gasteiger charge is 2.25. The molecule has 0 amide bonds. The van der Waals surface area contributed by atoms with Gasteiger partial charge in [-0.1, -0.05) is 6.92 Å². The first-order valence-corrected chi connectivity index (χ1v) is 5.17. The van der Waals surface area contributed by atoms with Gasteiger partial charge in [0.2, 0.25) is 0 Å². The number of nitrogens with zero attached hydrogens (tertiary/aromatic N) is 1. The van der Waals surface area contributed by atoms with Gasteiger partial charge in [-0.25, -0.2) is 0 Å². The van der Waals surface area contributed by atoms with Gasteiger partial charge in [0.1, 0.15) is 0 Å². The highest BCUT2D eigenvalue weighted by atomic mass is 16.5. The summed E-state index contributed by atoms with van der Waals surface area (Å²) in [5, 5.41) is 9.65. The van der Waals surface area contributed by atoms with Crippen LogP contribution in [-0.4, -0.2) is 49.5 Å². The van der Waals surface area contributed by atoms with E-state index in [1.807, 2.05) is 0 Å². The van der Waals surface area contributed by atoms with Crippen LogP contribution in [0.15, 0.2) is 0 Å². The van der Waals surface area contributed by atoms with Crippen molar-refractivity contribution in [3.63, 3.8) is 0 Å². The van der Waals surface area contributed by atoms with Gasteiger partial charge in [-0.15, -0.1) is 0 Å². The van der Waals surface area contributed by atoms with Crippen LogP contribution in [0.2, 0.25) is 0 Å². The minimum atomic E-state index is -0.0798. The van der Waals surface area contributed by atoms with Gasteiger partial charge >= 0.3 is 0 Å². The fourth-order valence-electron chi connectivity index (χ4n) is 1.92. The molecule has 0 radical (unpaired) electrons. The molecule has 0 aliphatic carbocycles. The van der Waals surface area contributed by atoms with E-state index < -0.39 is 0 Å². The summed E-state index contributed by atoms with van der Waals surface area (Å²) in [5.74, 6) is 0.464. The first-order valence-electron chi connectivity index (χ1n) is 5.17. The summed E-state index contributed by atoms with van der Waals surface area (Å²) in [5.41, 5.74) is 0. The molecule has 3 nitrogen and oxygen atoms in total. The molecule has 0 unspecified atom stereocenters. The van der Waals surface area contributed by atoms with E-state index in [0.717, 1.165) is 39.1 Å². The van der Waals surface area contributed by atoms with Crippen molar-refractivity contribution in [2.75, 3.05) is 33.4 Å². The summed E-state index contributed by atoms with van der Waals surface area (Å²) >= 11 is 0. The molecule has 1 aliphatic heterocycles. The Morgan fingerprint density at radius 3 is 2.92 bits per heavy atom. The van der Waals surface area contributed by atoms with Crippen LogP contribution in [0.25, 0.3) is 0 Å². The first-order chi connectivity index (χ1) is 6.27. The van der Waals surface area contributed by atoms with Crippen molar-refractivity contribution in [2.45, 2.75) is 25.9 Å². The van der Waals surface area contributed by atoms with Crippen molar-refractivity contribution in [1.29, 1.82) is 0 Å². The Morgan fingerprint density at radius 2 is 2.31 bits per heavy atom. The summed E-state index contributed by atoms with van der Waals surface area (Å²) in [6.07, 6.45) is 1.91. The number of likely N-dealkylation sites (tertiary alicyclic amines) is 1. The third kappa shape index (κ3) is 3.25. The highest BCUT2D eigenvalue weighted by molar-refractivity contribution is 4.78. The molecule has 2 atom stereocenters. The second-order valence-electron chi connectivity index (χ2n) is 3.82. The second kappa shape index (κ2) is 5.58. The molecule has 1 fully saturated rings. The Bertz CT molecular complexity index is 139. The maximum absolute atomic E-state index is 9.65. The average molecular weight is 187 g/mol. The molecular weight excluding hydrogens is 166 g/mol. The van der Waals surface area contributed by atoms with Crippen molar-refractivity contribution < 1.29 is 9.84 Å². The fraction of sp³-hybridized carbons (Fsp3) is 1.00. The topological polar surface area (TPSA) is 32.7 Å². The summed E-state index contributed by atoms with van der Waals surface area (Å²) in [7, 11) is 1.73. The number of aliphatic hydroxyl groups is 1. The average Bonchev–Trinajstić information content (AvgIpc) is 2.16. The van der Waals surface area contributed by atoms with E-state index in [0.29, 0.717) is 5.92 Å². The van der Waals surface area contributed by atoms with Gasteiger partial charge in [0.05, 0.1) is 12.7 Å². The van der Waals surface area contributed by atoms with Gasteiger partial charge in [-0.3, -0.25) is 0 Å². The number of hydrogen-bond acceptors (Lipinski definition) is 3. The van der Waals surface area contributed by atoms with Crippen molar-refractivity contribution >= 4 is 0 Å². The first kappa shape index (κ1) is 11.0. The van der Waals surface area contributed by atoms with Crippen LogP contribution in [0.3, 0.4) is 0 Å². The lowest BCUT2D eigenvalue weighted by Crippen LogP contribution is -2.44. The normalized spacial score (nSPS) is 30.7. The van der Waals surface area contributed by atoms with Crippen molar-refractivity contribution in [2.24, 2.45) is 5.92 Å². The summed E-state index contributed by atoms with van der Waals surface area (Å²) in [6.45, 7) is 5.99. The Morgan fingerprint density at radius 1 is 1.54 bits per heavy atom. The summed E-state index contributed by atoms with van der Waals surface area (Å²) in [4.78, 5) is 2.38. The zero-order valence-corrected chi connectivity index (χ0v) is 8.70. The maximum atomic E-state index is 9.65. The van der Waals surface area contributed by atoms with Crippen LogP contribution in [0.5, 0.6) is 0 Å². The molecule has 0 aromatic carbocycles. The number of aliphatic hydroxyl groups excluding tert-OH is 1. The van der Waals surface area contributed by atoms with Crippen LogP contribution in [0.1, 0.15) is 19.8 Å². The molecule has 1 rings (SSSR count). The lowest BCUT2D eigenvalue weighted by atomic mass is 9.92. The van der Waals surface area contributed by atoms with Gasteiger partial charge in [0, 0.05) is 26.7 Å². The molecule has 0 aromatic rings. The number of piperidine rings is 1. The number of rotatable bonds is 4. The quantitative estimate of drug-likeness (QED) is 0.704. The lowest BCUT2D eigenvalue weighted by molar-refractivity contribution is 0.0165. The molecule has 0 saturated carbocycles. The minimum Gasteiger partial charge on any atom is -0.393 e. The standard InChI is InChI=1S/C10H21NO2/c1-3-9-8-11(6-7-13-2)5-4-10(9)12/h9-10,12H,3-8H2,1-2H3/t9-,10+/m0/s1. The van der Waals surface area contributed by atoms with Crippen LogP contribution < -0.4 is 0 Å². The maximum Gasteiger partial charge on any atom is 0.0592 e. The van der Waals surface area contributed by atoms with Gasteiger partial charge in [-0.2, -0.15) is 0 Å². The van der Waals surface area contributed by atoms with Crippen LogP contribution in [0.4, 0.5) is 0 Å². The van der Waals surface area contributed by atoms with Crippen LogP contribution in [-0.2, 0) is 4.74 Å². The Labute approximate surface area is 80.7 Å². The smallest absolute Gasteiger partial charge is 0.0592 e. The van der Waals surface area contributed by atoms with Gasteiger partial charge in [0.15, 0.2) is 0 Å². The van der Waals surface area contributed by atoms with E-state index in [-0.39, 0.29) is 6.10 Å². The predicted octanol–water partition coefficient (Wildman–Crippen LogP) is 0.726. The minimum absolute atomic E-state index is 0.0798. The molecule has 1 heterocycles. The Kier molecular flexibility index (Phi) is 4.70. The molecule has 78 valence electrons. The van der Waals surface area contributed by atoms with E-state index in [4.69, 9.17) is 4.74 Å². The van der Waals surface area contributed by atoms with Crippen molar-refractivity contribution in [1.82, 2.24) is 4.90 Å². The zero-order chi connectivity index (χ0) is 9.68. The van der Waals surface area contributed by atoms with E-state index in [1.54, 1.807) is 7.11 Å². The Hall–Kier alpha value is -0.120. The molecular formula is C10H21NO2. The molecule has 0 spiro atoms. The molecule has 0 aromatic heterocycles. The molecule has 13 heavy (non-hydrogen) atoms. The number of ether oxygens (including phenoxy) is 1. The summed E-state index contributed by atoms with van der Waals surface area (Å²) < 4.78 is 5.04. The number of hydrogen-bond donors (Lipinski definition) is 1. The third-order valence-electron chi connectivity index (χ3n) is 2.91. The Balaban J connectivity index is 2.27. The van der Waals surface area contributed by atoms with Crippen LogP contribution >= 0.6 is 0 Å². The van der Waals surface area contributed by atoms with Gasteiger partial charge < -0.3 is 14.7 Å². The molecule has 1 saturated heterocycles. The SMILES string of the molecule is CC[C@H]1CN(CCOC)CC[C@H]1O. The van der Waals surface area contributed by atoms with E-state index in [1.165, 1.54) is 0 Å². The van der Waals surface area contributed by atoms with E-state index in [2.05, 4.69) is 11.8 Å².